The molecule has 30 heavy (non-hydrogen) atoms. The van der Waals surface area contributed by atoms with Gasteiger partial charge in [0.1, 0.15) is 5.75 Å². The molecule has 3 amide bonds. The first-order valence-electron chi connectivity index (χ1n) is 9.81. The van der Waals surface area contributed by atoms with Crippen LogP contribution in [-0.2, 0) is 6.42 Å². The Morgan fingerprint density at radius 2 is 1.47 bits per heavy atom. The highest BCUT2D eigenvalue weighted by Gasteiger charge is 2.09. The largest absolute Gasteiger partial charge is 0.508 e. The number of carbonyl (C=O) groups is 2. The molecule has 3 aromatic carbocycles. The Kier molecular flexibility index (Phi) is 7.05. The van der Waals surface area contributed by atoms with Crippen molar-refractivity contribution in [1.29, 1.82) is 0 Å². The van der Waals surface area contributed by atoms with Crippen LogP contribution in [0.5, 0.6) is 5.75 Å². The molecule has 0 saturated carbocycles. The number of aryl methyl sites for hydroxylation is 1. The molecule has 0 radical (unpaired) electrons. The standard InChI is InChI=1S/C24H25N3O3/c1-17(7-8-18-9-15-22(28)16-10-18)25-24(30)27-21-13-11-19(12-14-21)23(29)26-20-5-3-2-4-6-20/h2-6,9-17,28H,7-8H2,1H3,(H,26,29)(H2,25,27,30). The summed E-state index contributed by atoms with van der Waals surface area (Å²) in [6.45, 7) is 1.94. The van der Waals surface area contributed by atoms with E-state index in [1.165, 1.54) is 0 Å². The Labute approximate surface area is 176 Å². The Bertz CT molecular complexity index is 971. The zero-order valence-electron chi connectivity index (χ0n) is 16.8. The topological polar surface area (TPSA) is 90.5 Å². The van der Waals surface area contributed by atoms with Crippen LogP contribution in [0.1, 0.15) is 29.3 Å². The van der Waals surface area contributed by atoms with Gasteiger partial charge < -0.3 is 21.1 Å². The lowest BCUT2D eigenvalue weighted by molar-refractivity contribution is 0.102. The molecule has 0 fully saturated rings. The fourth-order valence-electron chi connectivity index (χ4n) is 2.94. The number of phenols is 1. The number of amides is 3. The lowest BCUT2D eigenvalue weighted by atomic mass is 10.1. The average Bonchev–Trinajstić information content (AvgIpc) is 2.74. The van der Waals surface area contributed by atoms with Gasteiger partial charge >= 0.3 is 6.03 Å². The number of aromatic hydroxyl groups is 1. The summed E-state index contributed by atoms with van der Waals surface area (Å²) in [5.74, 6) is 0.0351. The number of carbonyl (C=O) groups excluding carboxylic acids is 2. The van der Waals surface area contributed by atoms with E-state index >= 15 is 0 Å². The fourth-order valence-corrected chi connectivity index (χ4v) is 2.94. The molecule has 6 nitrogen and oxygen atoms in total. The van der Waals surface area contributed by atoms with Crippen LogP contribution in [0, 0.1) is 0 Å². The number of para-hydroxylation sites is 1. The summed E-state index contributed by atoms with van der Waals surface area (Å²) >= 11 is 0. The highest BCUT2D eigenvalue weighted by atomic mass is 16.3. The number of hydrogen-bond acceptors (Lipinski definition) is 3. The SMILES string of the molecule is CC(CCc1ccc(O)cc1)NC(=O)Nc1ccc(C(=O)Nc2ccccc2)cc1. The molecular weight excluding hydrogens is 378 g/mol. The van der Waals surface area contributed by atoms with E-state index in [4.69, 9.17) is 0 Å². The third-order valence-corrected chi connectivity index (χ3v) is 4.62. The maximum absolute atomic E-state index is 12.3. The quantitative estimate of drug-likeness (QED) is 0.457. The van der Waals surface area contributed by atoms with Gasteiger partial charge in [-0.3, -0.25) is 4.79 Å². The molecule has 0 aliphatic carbocycles. The lowest BCUT2D eigenvalue weighted by Crippen LogP contribution is -2.36. The number of nitrogens with one attached hydrogen (secondary N) is 3. The van der Waals surface area contributed by atoms with Crippen molar-refractivity contribution in [1.82, 2.24) is 5.32 Å². The van der Waals surface area contributed by atoms with Crippen molar-refractivity contribution in [3.63, 3.8) is 0 Å². The molecule has 3 aromatic rings. The van der Waals surface area contributed by atoms with Gasteiger partial charge in [-0.1, -0.05) is 30.3 Å². The second kappa shape index (κ2) is 10.1. The van der Waals surface area contributed by atoms with Gasteiger partial charge in [-0.15, -0.1) is 0 Å². The van der Waals surface area contributed by atoms with Crippen LogP contribution in [-0.4, -0.2) is 23.1 Å². The van der Waals surface area contributed by atoms with Crippen LogP contribution in [0.4, 0.5) is 16.2 Å². The van der Waals surface area contributed by atoms with Crippen LogP contribution in [0.2, 0.25) is 0 Å². The number of urea groups is 1. The second-order valence-corrected chi connectivity index (χ2v) is 7.10. The number of rotatable bonds is 7. The monoisotopic (exact) mass is 403 g/mol. The molecule has 1 atom stereocenters. The van der Waals surface area contributed by atoms with Gasteiger partial charge in [-0.2, -0.15) is 0 Å². The van der Waals surface area contributed by atoms with E-state index in [0.717, 1.165) is 24.1 Å². The first kappa shape index (κ1) is 20.9. The smallest absolute Gasteiger partial charge is 0.319 e. The predicted molar refractivity (Wildman–Crippen MR) is 119 cm³/mol. The summed E-state index contributed by atoms with van der Waals surface area (Å²) in [7, 11) is 0. The first-order valence-corrected chi connectivity index (χ1v) is 9.81. The van der Waals surface area contributed by atoms with Crippen LogP contribution in [0.15, 0.2) is 78.9 Å². The number of benzene rings is 3. The van der Waals surface area contributed by atoms with E-state index in [1.807, 2.05) is 49.4 Å². The zero-order valence-corrected chi connectivity index (χ0v) is 16.8. The van der Waals surface area contributed by atoms with E-state index < -0.39 is 0 Å². The van der Waals surface area contributed by atoms with Crippen molar-refractivity contribution in [2.45, 2.75) is 25.8 Å². The first-order chi connectivity index (χ1) is 14.5. The maximum atomic E-state index is 12.3. The van der Waals surface area contributed by atoms with E-state index in [-0.39, 0.29) is 23.7 Å². The Balaban J connectivity index is 1.45. The molecule has 0 aromatic heterocycles. The number of hydrogen-bond donors (Lipinski definition) is 4. The summed E-state index contributed by atoms with van der Waals surface area (Å²) in [5.41, 5.74) is 2.94. The fraction of sp³-hybridized carbons (Fsp3) is 0.167. The van der Waals surface area contributed by atoms with Gasteiger partial charge in [-0.05, 0) is 73.9 Å². The molecule has 0 heterocycles. The summed E-state index contributed by atoms with van der Waals surface area (Å²) in [5, 5.41) is 17.8. The summed E-state index contributed by atoms with van der Waals surface area (Å²) < 4.78 is 0. The zero-order chi connectivity index (χ0) is 21.3. The minimum atomic E-state index is -0.297. The average molecular weight is 403 g/mol. The van der Waals surface area contributed by atoms with E-state index in [1.54, 1.807) is 36.4 Å². The van der Waals surface area contributed by atoms with Gasteiger partial charge in [0.15, 0.2) is 0 Å². The molecule has 0 aliphatic rings. The van der Waals surface area contributed by atoms with Crippen molar-refractivity contribution in [3.8, 4) is 5.75 Å². The lowest BCUT2D eigenvalue weighted by Gasteiger charge is -2.15. The second-order valence-electron chi connectivity index (χ2n) is 7.10. The van der Waals surface area contributed by atoms with E-state index in [9.17, 15) is 14.7 Å². The van der Waals surface area contributed by atoms with E-state index in [0.29, 0.717) is 11.3 Å². The van der Waals surface area contributed by atoms with Crippen molar-refractivity contribution in [2.24, 2.45) is 0 Å². The molecule has 0 aliphatic heterocycles. The third kappa shape index (κ3) is 6.38. The number of phenolic OH excluding ortho intramolecular Hbond substituents is 1. The molecule has 6 heteroatoms. The van der Waals surface area contributed by atoms with Crippen LogP contribution in [0.25, 0.3) is 0 Å². The van der Waals surface area contributed by atoms with Crippen LogP contribution >= 0.6 is 0 Å². The third-order valence-electron chi connectivity index (χ3n) is 4.62. The minimum absolute atomic E-state index is 0.0188. The molecule has 1 unspecified atom stereocenters. The van der Waals surface area contributed by atoms with Crippen molar-refractivity contribution in [3.05, 3.63) is 90.0 Å². The Morgan fingerprint density at radius 1 is 0.833 bits per heavy atom. The molecule has 154 valence electrons. The molecular formula is C24H25N3O3. The highest BCUT2D eigenvalue weighted by Crippen LogP contribution is 2.14. The van der Waals surface area contributed by atoms with Gasteiger partial charge in [0.05, 0.1) is 0 Å². The summed E-state index contributed by atoms with van der Waals surface area (Å²) in [6, 6.07) is 22.7. The molecule has 4 N–H and O–H groups in total. The van der Waals surface area contributed by atoms with Crippen LogP contribution < -0.4 is 16.0 Å². The van der Waals surface area contributed by atoms with E-state index in [2.05, 4.69) is 16.0 Å². The number of anilines is 2. The summed E-state index contributed by atoms with van der Waals surface area (Å²) in [6.07, 6.45) is 1.57. The molecule has 0 spiro atoms. The Morgan fingerprint density at radius 3 is 2.13 bits per heavy atom. The van der Waals surface area contributed by atoms with Gasteiger partial charge in [0.25, 0.3) is 5.91 Å². The molecule has 0 saturated heterocycles. The van der Waals surface area contributed by atoms with Crippen molar-refractivity contribution >= 4 is 23.3 Å². The minimum Gasteiger partial charge on any atom is -0.508 e. The van der Waals surface area contributed by atoms with Crippen molar-refractivity contribution in [2.75, 3.05) is 10.6 Å². The van der Waals surface area contributed by atoms with Gasteiger partial charge in [-0.25, -0.2) is 4.79 Å². The van der Waals surface area contributed by atoms with Gasteiger partial charge in [0.2, 0.25) is 0 Å². The molecule has 0 bridgehead atoms. The normalized spacial score (nSPS) is 11.4. The molecule has 3 rings (SSSR count). The van der Waals surface area contributed by atoms with Crippen molar-refractivity contribution < 1.29 is 14.7 Å². The summed E-state index contributed by atoms with van der Waals surface area (Å²) in [4.78, 5) is 24.5. The van der Waals surface area contributed by atoms with Gasteiger partial charge in [0, 0.05) is 23.0 Å². The van der Waals surface area contributed by atoms with Crippen LogP contribution in [0.3, 0.4) is 0 Å². The predicted octanol–water partition coefficient (Wildman–Crippen LogP) is 4.79. The Hall–Kier alpha value is -3.80. The highest BCUT2D eigenvalue weighted by molar-refractivity contribution is 6.04. The maximum Gasteiger partial charge on any atom is 0.319 e.